The van der Waals surface area contributed by atoms with Crippen molar-refractivity contribution in [1.29, 1.82) is 0 Å². The van der Waals surface area contributed by atoms with E-state index in [9.17, 15) is 14.4 Å². The summed E-state index contributed by atoms with van der Waals surface area (Å²) in [5.41, 5.74) is 1.65. The number of amides is 2. The average molecular weight is 290 g/mol. The molecule has 2 amide bonds. The second-order valence-electron chi connectivity index (χ2n) is 5.15. The number of aryl methyl sites for hydroxylation is 1. The van der Waals surface area contributed by atoms with Crippen LogP contribution >= 0.6 is 0 Å². The summed E-state index contributed by atoms with van der Waals surface area (Å²) in [6.45, 7) is 0.135. The lowest BCUT2D eigenvalue weighted by molar-refractivity contribution is -0.137. The van der Waals surface area contributed by atoms with Crippen molar-refractivity contribution in [2.45, 2.75) is 19.3 Å². The van der Waals surface area contributed by atoms with Crippen molar-refractivity contribution in [1.82, 2.24) is 4.90 Å². The van der Waals surface area contributed by atoms with Gasteiger partial charge in [-0.05, 0) is 30.5 Å². The van der Waals surface area contributed by atoms with Crippen LogP contribution < -0.4 is 4.90 Å². The third-order valence-electron chi connectivity index (χ3n) is 3.47. The molecule has 0 aliphatic carbocycles. The molecule has 0 unspecified atom stereocenters. The van der Waals surface area contributed by atoms with Gasteiger partial charge in [0.25, 0.3) is 0 Å². The molecule has 0 radical (unpaired) electrons. The van der Waals surface area contributed by atoms with Crippen LogP contribution in [-0.2, 0) is 20.8 Å². The SMILES string of the molecule is CN1CC(=O)N(c2cccc(CCCC(=O)O)c2)CC1=O. The highest BCUT2D eigenvalue weighted by molar-refractivity contribution is 6.04. The molecule has 6 nitrogen and oxygen atoms in total. The Morgan fingerprint density at radius 1 is 1.24 bits per heavy atom. The smallest absolute Gasteiger partial charge is 0.303 e. The van der Waals surface area contributed by atoms with Crippen molar-refractivity contribution >= 4 is 23.5 Å². The first kappa shape index (κ1) is 15.0. The first-order valence-electron chi connectivity index (χ1n) is 6.82. The molecule has 1 heterocycles. The van der Waals surface area contributed by atoms with Crippen LogP contribution in [0.4, 0.5) is 5.69 Å². The first-order valence-corrected chi connectivity index (χ1v) is 6.82. The number of benzene rings is 1. The molecule has 0 saturated carbocycles. The molecule has 1 aromatic carbocycles. The van der Waals surface area contributed by atoms with Crippen LogP contribution in [0.25, 0.3) is 0 Å². The van der Waals surface area contributed by atoms with Gasteiger partial charge in [-0.25, -0.2) is 0 Å². The minimum Gasteiger partial charge on any atom is -0.481 e. The molecular formula is C15H18N2O4. The van der Waals surface area contributed by atoms with Crippen LogP contribution in [0.2, 0.25) is 0 Å². The molecular weight excluding hydrogens is 272 g/mol. The van der Waals surface area contributed by atoms with E-state index in [2.05, 4.69) is 0 Å². The summed E-state index contributed by atoms with van der Waals surface area (Å²) in [7, 11) is 1.61. The fourth-order valence-corrected chi connectivity index (χ4v) is 2.28. The van der Waals surface area contributed by atoms with E-state index in [1.54, 1.807) is 13.1 Å². The van der Waals surface area contributed by atoms with E-state index < -0.39 is 5.97 Å². The third kappa shape index (κ3) is 3.81. The summed E-state index contributed by atoms with van der Waals surface area (Å²) in [6.07, 6.45) is 1.31. The number of carbonyl (C=O) groups excluding carboxylic acids is 2. The minimum absolute atomic E-state index is 0.0495. The van der Waals surface area contributed by atoms with Crippen LogP contribution in [0.1, 0.15) is 18.4 Å². The van der Waals surface area contributed by atoms with Gasteiger partial charge in [0.1, 0.15) is 6.54 Å². The van der Waals surface area contributed by atoms with Crippen molar-refractivity contribution in [3.63, 3.8) is 0 Å². The van der Waals surface area contributed by atoms with Crippen molar-refractivity contribution in [2.75, 3.05) is 25.0 Å². The van der Waals surface area contributed by atoms with Gasteiger partial charge >= 0.3 is 5.97 Å². The van der Waals surface area contributed by atoms with E-state index in [0.29, 0.717) is 18.5 Å². The molecule has 112 valence electrons. The lowest BCUT2D eigenvalue weighted by Gasteiger charge is -2.31. The molecule has 21 heavy (non-hydrogen) atoms. The topological polar surface area (TPSA) is 77.9 Å². The maximum absolute atomic E-state index is 12.0. The van der Waals surface area contributed by atoms with Crippen molar-refractivity contribution in [3.05, 3.63) is 29.8 Å². The van der Waals surface area contributed by atoms with E-state index in [-0.39, 0.29) is 31.3 Å². The fraction of sp³-hybridized carbons (Fsp3) is 0.400. The highest BCUT2D eigenvalue weighted by Gasteiger charge is 2.28. The Labute approximate surface area is 123 Å². The number of carboxylic acids is 1. The lowest BCUT2D eigenvalue weighted by atomic mass is 10.1. The van der Waals surface area contributed by atoms with E-state index in [4.69, 9.17) is 5.11 Å². The van der Waals surface area contributed by atoms with Crippen molar-refractivity contribution < 1.29 is 19.5 Å². The number of nitrogens with zero attached hydrogens (tertiary/aromatic N) is 2. The molecule has 1 aliphatic heterocycles. The second kappa shape index (κ2) is 6.39. The van der Waals surface area contributed by atoms with Gasteiger partial charge < -0.3 is 14.9 Å². The number of hydrogen-bond acceptors (Lipinski definition) is 3. The standard InChI is InChI=1S/C15H18N2O4/c1-16-9-14(19)17(10-13(16)18)12-6-2-4-11(8-12)5-3-7-15(20)21/h2,4,6,8H,3,5,7,9-10H2,1H3,(H,20,21). The quantitative estimate of drug-likeness (QED) is 0.874. The van der Waals surface area contributed by atoms with Crippen LogP contribution in [0, 0.1) is 0 Å². The Balaban J connectivity index is 2.08. The molecule has 0 aromatic heterocycles. The molecule has 0 spiro atoms. The molecule has 0 atom stereocenters. The molecule has 1 fully saturated rings. The number of piperazine rings is 1. The Hall–Kier alpha value is -2.37. The van der Waals surface area contributed by atoms with Crippen molar-refractivity contribution in [3.8, 4) is 0 Å². The molecule has 1 aliphatic rings. The van der Waals surface area contributed by atoms with Gasteiger partial charge in [0.05, 0.1) is 6.54 Å². The van der Waals surface area contributed by atoms with Crippen LogP contribution in [-0.4, -0.2) is 47.9 Å². The molecule has 1 aromatic rings. The van der Waals surface area contributed by atoms with Crippen LogP contribution in [0.3, 0.4) is 0 Å². The second-order valence-corrected chi connectivity index (χ2v) is 5.15. The molecule has 6 heteroatoms. The summed E-state index contributed by atoms with van der Waals surface area (Å²) >= 11 is 0. The average Bonchev–Trinajstić information content (AvgIpc) is 2.43. The largest absolute Gasteiger partial charge is 0.481 e. The number of likely N-dealkylation sites (N-methyl/N-ethyl adjacent to an activating group) is 1. The zero-order valence-electron chi connectivity index (χ0n) is 11.9. The van der Waals surface area contributed by atoms with Gasteiger partial charge in [-0.15, -0.1) is 0 Å². The highest BCUT2D eigenvalue weighted by atomic mass is 16.4. The first-order chi connectivity index (χ1) is 9.97. The third-order valence-corrected chi connectivity index (χ3v) is 3.47. The maximum atomic E-state index is 12.0. The predicted octanol–water partition coefficient (Wildman–Crippen LogP) is 0.899. The molecule has 0 bridgehead atoms. The summed E-state index contributed by atoms with van der Waals surface area (Å²) in [4.78, 5) is 37.1. The van der Waals surface area contributed by atoms with Crippen LogP contribution in [0.15, 0.2) is 24.3 Å². The van der Waals surface area contributed by atoms with E-state index in [0.717, 1.165) is 5.56 Å². The fourth-order valence-electron chi connectivity index (χ4n) is 2.28. The summed E-state index contributed by atoms with van der Waals surface area (Å²) in [5.74, 6) is -1.02. The summed E-state index contributed by atoms with van der Waals surface area (Å²) in [5, 5.41) is 8.64. The normalized spacial score (nSPS) is 15.5. The molecule has 2 rings (SSSR count). The zero-order chi connectivity index (χ0) is 15.4. The summed E-state index contributed by atoms with van der Waals surface area (Å²) in [6, 6.07) is 7.35. The Bertz CT molecular complexity index is 571. The Morgan fingerprint density at radius 2 is 2.00 bits per heavy atom. The zero-order valence-corrected chi connectivity index (χ0v) is 11.9. The highest BCUT2D eigenvalue weighted by Crippen LogP contribution is 2.20. The molecule has 1 N–H and O–H groups in total. The van der Waals surface area contributed by atoms with Crippen LogP contribution in [0.5, 0.6) is 0 Å². The van der Waals surface area contributed by atoms with Gasteiger partial charge in [-0.1, -0.05) is 12.1 Å². The van der Waals surface area contributed by atoms with Gasteiger partial charge in [-0.3, -0.25) is 14.4 Å². The molecule has 1 saturated heterocycles. The number of carboxylic acid groups (broad SMARTS) is 1. The van der Waals surface area contributed by atoms with Gasteiger partial charge in [0.15, 0.2) is 0 Å². The number of carbonyl (C=O) groups is 3. The van der Waals surface area contributed by atoms with Gasteiger partial charge in [-0.2, -0.15) is 0 Å². The van der Waals surface area contributed by atoms with E-state index in [1.165, 1.54) is 9.80 Å². The predicted molar refractivity (Wildman–Crippen MR) is 77.0 cm³/mol. The number of anilines is 1. The van der Waals surface area contributed by atoms with E-state index in [1.807, 2.05) is 18.2 Å². The Morgan fingerprint density at radius 3 is 2.71 bits per heavy atom. The maximum Gasteiger partial charge on any atom is 0.303 e. The van der Waals surface area contributed by atoms with Gasteiger partial charge in [0, 0.05) is 19.2 Å². The van der Waals surface area contributed by atoms with Gasteiger partial charge in [0.2, 0.25) is 11.8 Å². The summed E-state index contributed by atoms with van der Waals surface area (Å²) < 4.78 is 0. The van der Waals surface area contributed by atoms with Crippen molar-refractivity contribution in [2.24, 2.45) is 0 Å². The minimum atomic E-state index is -0.814. The lowest BCUT2D eigenvalue weighted by Crippen LogP contribution is -2.52. The number of aliphatic carboxylic acids is 1. The Kier molecular flexibility index (Phi) is 4.57. The number of hydrogen-bond donors (Lipinski definition) is 1. The van der Waals surface area contributed by atoms with E-state index >= 15 is 0 Å². The monoisotopic (exact) mass is 290 g/mol. The number of rotatable bonds is 5.